The van der Waals surface area contributed by atoms with Crippen LogP contribution < -0.4 is 0 Å². The molecule has 0 aliphatic carbocycles. The zero-order chi connectivity index (χ0) is 17.8. The van der Waals surface area contributed by atoms with E-state index in [1.165, 1.54) is 0 Å². The molecule has 128 valence electrons. The number of ether oxygens (including phenoxy) is 1. The molecule has 25 heavy (non-hydrogen) atoms. The zero-order valence-electron chi connectivity index (χ0n) is 14.1. The van der Waals surface area contributed by atoms with Crippen molar-refractivity contribution < 1.29 is 13.7 Å². The molecule has 0 amide bonds. The fourth-order valence-corrected chi connectivity index (χ4v) is 3.15. The first-order valence-electron chi connectivity index (χ1n) is 7.81. The van der Waals surface area contributed by atoms with Crippen molar-refractivity contribution in [2.45, 2.75) is 19.3 Å². The van der Waals surface area contributed by atoms with Gasteiger partial charge < -0.3 is 4.74 Å². The maximum Gasteiger partial charge on any atom is 0.338 e. The molecule has 0 saturated carbocycles. The Kier molecular flexibility index (Phi) is 5.19. The van der Waals surface area contributed by atoms with E-state index in [9.17, 15) is 9.00 Å². The number of fused-ring (bicyclic) bond motifs is 1. The fourth-order valence-electron chi connectivity index (χ4n) is 2.50. The Bertz CT molecular complexity index is 956. The predicted octanol–water partition coefficient (Wildman–Crippen LogP) is 3.17. The summed E-state index contributed by atoms with van der Waals surface area (Å²) in [5.74, 6) is -0.0192. The molecule has 0 bridgehead atoms. The number of hydrogen-bond acceptors (Lipinski definition) is 5. The van der Waals surface area contributed by atoms with Gasteiger partial charge >= 0.3 is 5.97 Å². The zero-order valence-corrected chi connectivity index (χ0v) is 14.9. The summed E-state index contributed by atoms with van der Waals surface area (Å²) in [6, 6.07) is 14.6. The van der Waals surface area contributed by atoms with E-state index in [2.05, 4.69) is 9.97 Å². The van der Waals surface area contributed by atoms with Crippen LogP contribution in [0.15, 0.2) is 48.5 Å². The van der Waals surface area contributed by atoms with Crippen LogP contribution in [0.1, 0.15) is 27.3 Å². The molecule has 0 saturated heterocycles. The van der Waals surface area contributed by atoms with Gasteiger partial charge in [0.2, 0.25) is 0 Å². The largest absolute Gasteiger partial charge is 0.456 e. The van der Waals surface area contributed by atoms with E-state index in [0.717, 1.165) is 22.3 Å². The Morgan fingerprint density at radius 3 is 2.52 bits per heavy atom. The molecule has 5 nitrogen and oxygen atoms in total. The maximum atomic E-state index is 12.3. The molecule has 1 aromatic heterocycles. The monoisotopic (exact) mass is 354 g/mol. The lowest BCUT2D eigenvalue weighted by Gasteiger charge is -2.08. The van der Waals surface area contributed by atoms with Crippen molar-refractivity contribution in [1.82, 2.24) is 9.97 Å². The van der Waals surface area contributed by atoms with Crippen molar-refractivity contribution in [3.63, 3.8) is 0 Å². The Morgan fingerprint density at radius 1 is 1.08 bits per heavy atom. The highest BCUT2D eigenvalue weighted by Gasteiger charge is 2.11. The highest BCUT2D eigenvalue weighted by molar-refractivity contribution is 7.83. The molecule has 6 heteroatoms. The third kappa shape index (κ3) is 4.28. The van der Waals surface area contributed by atoms with Gasteiger partial charge in [0.25, 0.3) is 0 Å². The number of carbonyl (C=O) groups is 1. The first-order chi connectivity index (χ1) is 12.0. The van der Waals surface area contributed by atoms with Crippen LogP contribution in [-0.4, -0.2) is 26.4 Å². The second kappa shape index (κ2) is 7.53. The Hall–Kier alpha value is -2.60. The Labute approximate surface area is 148 Å². The summed E-state index contributed by atoms with van der Waals surface area (Å²) in [5, 5.41) is 0. The number of rotatable bonds is 5. The van der Waals surface area contributed by atoms with Crippen molar-refractivity contribution >= 4 is 27.8 Å². The molecule has 2 aromatic carbocycles. The number of carbonyl (C=O) groups excluding carboxylic acids is 1. The lowest BCUT2D eigenvalue weighted by atomic mass is 10.1. The quantitative estimate of drug-likeness (QED) is 0.658. The van der Waals surface area contributed by atoms with Crippen molar-refractivity contribution in [1.29, 1.82) is 0 Å². The van der Waals surface area contributed by atoms with E-state index < -0.39 is 16.8 Å². The van der Waals surface area contributed by atoms with Gasteiger partial charge in [0.05, 0.1) is 28.0 Å². The van der Waals surface area contributed by atoms with Gasteiger partial charge in [0, 0.05) is 22.8 Å². The lowest BCUT2D eigenvalue weighted by molar-refractivity contribution is 0.0467. The molecule has 3 rings (SSSR count). The molecule has 0 radical (unpaired) electrons. The molecule has 3 aromatic rings. The van der Waals surface area contributed by atoms with Gasteiger partial charge in [-0.2, -0.15) is 0 Å². The summed E-state index contributed by atoms with van der Waals surface area (Å²) >= 11 is 0. The molecular formula is C19H18N2O3S. The molecule has 1 heterocycles. The van der Waals surface area contributed by atoms with Gasteiger partial charge in [-0.1, -0.05) is 24.3 Å². The SMILES string of the molecule is Cc1nc2ccccc2nc1COC(=O)c1cccc(CS(C)=O)c1. The van der Waals surface area contributed by atoms with Crippen LogP contribution >= 0.6 is 0 Å². The fraction of sp³-hybridized carbons (Fsp3) is 0.211. The Balaban J connectivity index is 1.74. The molecular weight excluding hydrogens is 336 g/mol. The second-order valence-electron chi connectivity index (χ2n) is 5.74. The van der Waals surface area contributed by atoms with Crippen LogP contribution in [0.3, 0.4) is 0 Å². The number of aromatic nitrogens is 2. The topological polar surface area (TPSA) is 69.2 Å². The van der Waals surface area contributed by atoms with E-state index >= 15 is 0 Å². The minimum atomic E-state index is -0.958. The molecule has 0 fully saturated rings. The average molecular weight is 354 g/mol. The van der Waals surface area contributed by atoms with Crippen LogP contribution in [-0.2, 0) is 27.9 Å². The summed E-state index contributed by atoms with van der Waals surface area (Å²) in [5.41, 5.74) is 4.24. The first-order valence-corrected chi connectivity index (χ1v) is 9.54. The van der Waals surface area contributed by atoms with E-state index in [-0.39, 0.29) is 6.61 Å². The molecule has 0 spiro atoms. The van der Waals surface area contributed by atoms with Crippen LogP contribution in [0, 0.1) is 6.92 Å². The maximum absolute atomic E-state index is 12.3. The molecule has 1 unspecified atom stereocenters. The summed E-state index contributed by atoms with van der Waals surface area (Å²) < 4.78 is 16.7. The average Bonchev–Trinajstić information content (AvgIpc) is 2.59. The third-order valence-corrected chi connectivity index (χ3v) is 4.46. The van der Waals surface area contributed by atoms with Gasteiger partial charge in [-0.15, -0.1) is 0 Å². The number of benzene rings is 2. The van der Waals surface area contributed by atoms with Crippen molar-refractivity contribution in [3.05, 3.63) is 71.0 Å². The van der Waals surface area contributed by atoms with E-state index in [1.807, 2.05) is 37.3 Å². The highest BCUT2D eigenvalue weighted by atomic mass is 32.2. The minimum Gasteiger partial charge on any atom is -0.456 e. The summed E-state index contributed by atoms with van der Waals surface area (Å²) in [7, 11) is -0.958. The van der Waals surface area contributed by atoms with Crippen LogP contribution in [0.5, 0.6) is 0 Å². The van der Waals surface area contributed by atoms with Gasteiger partial charge in [-0.3, -0.25) is 4.21 Å². The molecule has 0 N–H and O–H groups in total. The standard InChI is InChI=1S/C19H18N2O3S/c1-13-18(21-17-9-4-3-8-16(17)20-13)11-24-19(22)15-7-5-6-14(10-15)12-25(2)23/h3-10H,11-12H2,1-2H3. The number of aryl methyl sites for hydroxylation is 1. The summed E-state index contributed by atoms with van der Waals surface area (Å²) in [6.07, 6.45) is 1.63. The number of hydrogen-bond donors (Lipinski definition) is 0. The van der Waals surface area contributed by atoms with Crippen molar-refractivity contribution in [3.8, 4) is 0 Å². The highest BCUT2D eigenvalue weighted by Crippen LogP contribution is 2.14. The third-order valence-electron chi connectivity index (χ3n) is 3.72. The number of para-hydroxylation sites is 2. The van der Waals surface area contributed by atoms with Crippen LogP contribution in [0.4, 0.5) is 0 Å². The molecule has 0 aliphatic heterocycles. The normalized spacial score (nSPS) is 12.1. The van der Waals surface area contributed by atoms with Crippen molar-refractivity contribution in [2.24, 2.45) is 0 Å². The summed E-state index contributed by atoms with van der Waals surface area (Å²) in [4.78, 5) is 21.3. The summed E-state index contributed by atoms with van der Waals surface area (Å²) in [6.45, 7) is 1.91. The van der Waals surface area contributed by atoms with E-state index in [4.69, 9.17) is 4.74 Å². The van der Waals surface area contributed by atoms with Crippen LogP contribution in [0.25, 0.3) is 11.0 Å². The lowest BCUT2D eigenvalue weighted by Crippen LogP contribution is -2.09. The number of esters is 1. The van der Waals surface area contributed by atoms with Gasteiger partial charge in [0.1, 0.15) is 6.61 Å². The van der Waals surface area contributed by atoms with Crippen molar-refractivity contribution in [2.75, 3.05) is 6.26 Å². The van der Waals surface area contributed by atoms with E-state index in [0.29, 0.717) is 17.0 Å². The minimum absolute atomic E-state index is 0.0619. The van der Waals surface area contributed by atoms with Crippen LogP contribution in [0.2, 0.25) is 0 Å². The van der Waals surface area contributed by atoms with E-state index in [1.54, 1.807) is 24.5 Å². The smallest absolute Gasteiger partial charge is 0.338 e. The van der Waals surface area contributed by atoms with Gasteiger partial charge in [-0.05, 0) is 36.8 Å². The second-order valence-corrected chi connectivity index (χ2v) is 7.17. The van der Waals surface area contributed by atoms with Gasteiger partial charge in [0.15, 0.2) is 0 Å². The Morgan fingerprint density at radius 2 is 1.80 bits per heavy atom. The first kappa shape index (κ1) is 17.2. The van der Waals surface area contributed by atoms with Gasteiger partial charge in [-0.25, -0.2) is 14.8 Å². The molecule has 1 atom stereocenters. The molecule has 0 aliphatic rings. The predicted molar refractivity (Wildman–Crippen MR) is 97.6 cm³/mol. The number of nitrogens with zero attached hydrogens (tertiary/aromatic N) is 2.